The normalized spacial score (nSPS) is 13.6. The minimum Gasteiger partial charge on any atom is -0.306 e. The largest absolute Gasteiger partial charge is 0.306 e. The van der Waals surface area contributed by atoms with Gasteiger partial charge in [-0.2, -0.15) is 5.10 Å². The number of Topliss-reactive ketones (excluding diaryl/α,β-unsaturated/α-hetero) is 1. The van der Waals surface area contributed by atoms with Gasteiger partial charge in [0, 0.05) is 24.2 Å². The van der Waals surface area contributed by atoms with Crippen molar-refractivity contribution in [3.63, 3.8) is 0 Å². The number of aryl methyl sites for hydroxylation is 1. The van der Waals surface area contributed by atoms with Crippen LogP contribution in [0, 0.1) is 12.7 Å². The van der Waals surface area contributed by atoms with Crippen molar-refractivity contribution >= 4 is 17.4 Å². The number of amides is 1. The summed E-state index contributed by atoms with van der Waals surface area (Å²) in [5.74, 6) is -0.688. The average molecular weight is 349 g/mol. The molecule has 0 fully saturated rings. The van der Waals surface area contributed by atoms with Crippen LogP contribution in [0.4, 0.5) is 10.1 Å². The molecule has 4 rings (SSSR count). The summed E-state index contributed by atoms with van der Waals surface area (Å²) in [6.45, 7) is 2.07. The van der Waals surface area contributed by atoms with Crippen LogP contribution in [-0.4, -0.2) is 28.0 Å². The number of fused-ring (bicyclic) bond motifs is 1. The maximum Gasteiger partial charge on any atom is 0.278 e. The third-order valence-corrected chi connectivity index (χ3v) is 4.49. The van der Waals surface area contributed by atoms with E-state index in [2.05, 4.69) is 5.10 Å². The van der Waals surface area contributed by atoms with Crippen LogP contribution in [0.1, 0.15) is 33.0 Å². The van der Waals surface area contributed by atoms with Crippen molar-refractivity contribution in [1.82, 2.24) is 9.78 Å². The number of halogens is 1. The lowest BCUT2D eigenvalue weighted by molar-refractivity contribution is 0.0952. The minimum atomic E-state index is -0.411. The summed E-state index contributed by atoms with van der Waals surface area (Å²) in [5.41, 5.74) is 2.29. The molecule has 1 aromatic heterocycles. The maximum absolute atomic E-state index is 14.1. The molecule has 0 radical (unpaired) electrons. The molecule has 0 saturated heterocycles. The van der Waals surface area contributed by atoms with Gasteiger partial charge in [0.15, 0.2) is 11.5 Å². The van der Waals surface area contributed by atoms with Crippen LogP contribution in [0.3, 0.4) is 0 Å². The van der Waals surface area contributed by atoms with Gasteiger partial charge in [0.05, 0.1) is 5.69 Å². The number of aromatic nitrogens is 2. The zero-order valence-electron chi connectivity index (χ0n) is 14.1. The van der Waals surface area contributed by atoms with E-state index in [1.54, 1.807) is 60.4 Å². The molecule has 5 nitrogen and oxygen atoms in total. The van der Waals surface area contributed by atoms with Crippen molar-refractivity contribution in [1.29, 1.82) is 0 Å². The lowest BCUT2D eigenvalue weighted by Gasteiger charge is -2.27. The van der Waals surface area contributed by atoms with Gasteiger partial charge in [0.2, 0.25) is 0 Å². The second-order valence-electron chi connectivity index (χ2n) is 6.18. The number of hydrogen-bond acceptors (Lipinski definition) is 3. The third kappa shape index (κ3) is 2.60. The Labute approximate surface area is 149 Å². The first-order valence-electron chi connectivity index (χ1n) is 8.32. The van der Waals surface area contributed by atoms with E-state index >= 15 is 0 Å². The Morgan fingerprint density at radius 3 is 2.54 bits per heavy atom. The first-order valence-corrected chi connectivity index (χ1v) is 8.32. The molecule has 0 unspecified atom stereocenters. The molecule has 0 bridgehead atoms. The van der Waals surface area contributed by atoms with Crippen LogP contribution >= 0.6 is 0 Å². The van der Waals surface area contributed by atoms with Crippen LogP contribution in [0.5, 0.6) is 0 Å². The molecule has 0 spiro atoms. The number of nitrogens with zero attached hydrogens (tertiary/aromatic N) is 3. The standard InChI is InChI=1S/C20H16FN3O2/c1-13-12-16(22-24(13)18-9-5-3-7-15(18)21)20(26)23-11-10-19(25)14-6-2-4-8-17(14)23/h2-9,12H,10-11H2,1H3. The summed E-state index contributed by atoms with van der Waals surface area (Å²) >= 11 is 0. The molecule has 1 aliphatic rings. The van der Waals surface area contributed by atoms with Gasteiger partial charge in [-0.15, -0.1) is 0 Å². The Bertz CT molecular complexity index is 1030. The molecule has 1 amide bonds. The van der Waals surface area contributed by atoms with Gasteiger partial charge in [-0.25, -0.2) is 9.07 Å². The first-order chi connectivity index (χ1) is 12.6. The SMILES string of the molecule is Cc1cc(C(=O)N2CCC(=O)c3ccccc32)nn1-c1ccccc1F. The molecule has 3 aromatic rings. The molecule has 6 heteroatoms. The van der Waals surface area contributed by atoms with E-state index in [0.29, 0.717) is 29.2 Å². The molecular weight excluding hydrogens is 333 g/mol. The summed E-state index contributed by atoms with van der Waals surface area (Å²) in [6.07, 6.45) is 0.274. The Morgan fingerprint density at radius 1 is 1.08 bits per heavy atom. The summed E-state index contributed by atoms with van der Waals surface area (Å²) in [5, 5.41) is 4.31. The fourth-order valence-electron chi connectivity index (χ4n) is 3.21. The van der Waals surface area contributed by atoms with Gasteiger partial charge < -0.3 is 4.90 Å². The predicted octanol–water partition coefficient (Wildman–Crippen LogP) is 3.55. The molecule has 0 aliphatic carbocycles. The van der Waals surface area contributed by atoms with Gasteiger partial charge >= 0.3 is 0 Å². The van der Waals surface area contributed by atoms with E-state index in [4.69, 9.17) is 0 Å². The highest BCUT2D eigenvalue weighted by molar-refractivity contribution is 6.12. The molecule has 0 saturated carbocycles. The van der Waals surface area contributed by atoms with Crippen LogP contribution < -0.4 is 4.90 Å². The highest BCUT2D eigenvalue weighted by Gasteiger charge is 2.29. The topological polar surface area (TPSA) is 55.2 Å². The highest BCUT2D eigenvalue weighted by Crippen LogP contribution is 2.28. The zero-order valence-corrected chi connectivity index (χ0v) is 14.1. The zero-order chi connectivity index (χ0) is 18.3. The molecule has 26 heavy (non-hydrogen) atoms. The maximum atomic E-state index is 14.1. The number of carbonyl (C=O) groups excluding carboxylic acids is 2. The Kier molecular flexibility index (Phi) is 3.88. The second kappa shape index (κ2) is 6.22. The van der Waals surface area contributed by atoms with Crippen molar-refractivity contribution in [2.45, 2.75) is 13.3 Å². The third-order valence-electron chi connectivity index (χ3n) is 4.49. The van der Waals surface area contributed by atoms with Crippen molar-refractivity contribution in [3.8, 4) is 5.69 Å². The molecule has 2 heterocycles. The monoisotopic (exact) mass is 349 g/mol. The number of hydrogen-bond donors (Lipinski definition) is 0. The van der Waals surface area contributed by atoms with Crippen LogP contribution in [-0.2, 0) is 0 Å². The molecule has 0 N–H and O–H groups in total. The number of benzene rings is 2. The van der Waals surface area contributed by atoms with Crippen LogP contribution in [0.25, 0.3) is 5.69 Å². The summed E-state index contributed by atoms with van der Waals surface area (Å²) in [4.78, 5) is 26.6. The number of para-hydroxylation sites is 2. The van der Waals surface area contributed by atoms with Crippen molar-refractivity contribution in [2.75, 3.05) is 11.4 Å². The molecular formula is C20H16FN3O2. The molecule has 130 valence electrons. The minimum absolute atomic E-state index is 0.0257. The van der Waals surface area contributed by atoms with Gasteiger partial charge in [-0.1, -0.05) is 24.3 Å². The van der Waals surface area contributed by atoms with E-state index in [0.717, 1.165) is 0 Å². The van der Waals surface area contributed by atoms with E-state index in [1.807, 2.05) is 0 Å². The average Bonchev–Trinajstić information content (AvgIpc) is 3.04. The fraction of sp³-hybridized carbons (Fsp3) is 0.150. The van der Waals surface area contributed by atoms with Gasteiger partial charge in [0.25, 0.3) is 5.91 Å². The lowest BCUT2D eigenvalue weighted by Crippen LogP contribution is -2.37. The summed E-state index contributed by atoms with van der Waals surface area (Å²) in [6, 6.07) is 15.0. The van der Waals surface area contributed by atoms with Gasteiger partial charge in [0.1, 0.15) is 11.5 Å². The van der Waals surface area contributed by atoms with Crippen molar-refractivity contribution < 1.29 is 14.0 Å². The Balaban J connectivity index is 1.73. The summed E-state index contributed by atoms with van der Waals surface area (Å²) < 4.78 is 15.5. The number of ketones is 1. The van der Waals surface area contributed by atoms with E-state index in [1.165, 1.54) is 10.7 Å². The Hall–Kier alpha value is -3.28. The first kappa shape index (κ1) is 16.2. The van der Waals surface area contributed by atoms with Gasteiger partial charge in [-0.3, -0.25) is 9.59 Å². The number of anilines is 1. The quantitative estimate of drug-likeness (QED) is 0.711. The Morgan fingerprint density at radius 2 is 1.77 bits per heavy atom. The fourth-order valence-corrected chi connectivity index (χ4v) is 3.21. The number of carbonyl (C=O) groups is 2. The van der Waals surface area contributed by atoms with E-state index in [9.17, 15) is 14.0 Å². The molecule has 2 aromatic carbocycles. The van der Waals surface area contributed by atoms with Crippen molar-refractivity contribution in [3.05, 3.63) is 77.4 Å². The lowest BCUT2D eigenvalue weighted by atomic mass is 10.00. The number of rotatable bonds is 2. The highest BCUT2D eigenvalue weighted by atomic mass is 19.1. The van der Waals surface area contributed by atoms with E-state index in [-0.39, 0.29) is 23.8 Å². The molecule has 0 atom stereocenters. The van der Waals surface area contributed by atoms with Crippen LogP contribution in [0.15, 0.2) is 54.6 Å². The van der Waals surface area contributed by atoms with E-state index < -0.39 is 5.82 Å². The predicted molar refractivity (Wildman–Crippen MR) is 95.3 cm³/mol. The van der Waals surface area contributed by atoms with Crippen molar-refractivity contribution in [2.24, 2.45) is 0 Å². The second-order valence-corrected chi connectivity index (χ2v) is 6.18. The molecule has 1 aliphatic heterocycles. The smallest absolute Gasteiger partial charge is 0.278 e. The summed E-state index contributed by atoms with van der Waals surface area (Å²) in [7, 11) is 0. The van der Waals surface area contributed by atoms with Gasteiger partial charge in [-0.05, 0) is 37.3 Å². The van der Waals surface area contributed by atoms with Crippen LogP contribution in [0.2, 0.25) is 0 Å².